The minimum atomic E-state index is 0.722. The van der Waals surface area contributed by atoms with Crippen molar-refractivity contribution in [1.82, 2.24) is 30.0 Å². The van der Waals surface area contributed by atoms with Crippen LogP contribution in [0.15, 0.2) is 35.1 Å². The van der Waals surface area contributed by atoms with Gasteiger partial charge in [-0.15, -0.1) is 16.4 Å². The van der Waals surface area contributed by atoms with Crippen LogP contribution in [0.5, 0.6) is 0 Å². The fourth-order valence-corrected chi connectivity index (χ4v) is 3.12. The molecular weight excluding hydrogens is 280 g/mol. The quantitative estimate of drug-likeness (QED) is 0.671. The molecule has 0 aromatic carbocycles. The van der Waals surface area contributed by atoms with Gasteiger partial charge in [-0.05, 0) is 21.9 Å². The second kappa shape index (κ2) is 5.54. The van der Waals surface area contributed by atoms with E-state index < -0.39 is 0 Å². The highest BCUT2D eigenvalue weighted by molar-refractivity contribution is 7.98. The number of aromatic nitrogens is 6. The Balaban J connectivity index is 1.66. The highest BCUT2D eigenvalue weighted by Crippen LogP contribution is 2.20. The molecule has 0 unspecified atom stereocenters. The highest BCUT2D eigenvalue weighted by Gasteiger charge is 2.08. The van der Waals surface area contributed by atoms with Crippen molar-refractivity contribution in [3.8, 4) is 0 Å². The van der Waals surface area contributed by atoms with E-state index in [0.717, 1.165) is 23.0 Å². The van der Waals surface area contributed by atoms with Crippen LogP contribution in [0.25, 0.3) is 0 Å². The Labute approximate surface area is 118 Å². The largest absolute Gasteiger partial charge is 0.276 e. The lowest BCUT2D eigenvalue weighted by Gasteiger charge is -2.01. The highest BCUT2D eigenvalue weighted by atomic mass is 32.2. The van der Waals surface area contributed by atoms with E-state index in [-0.39, 0.29) is 0 Å². The predicted octanol–water partition coefficient (Wildman–Crippen LogP) is 1.81. The molecule has 0 N–H and O–H groups in total. The number of tetrazole rings is 1. The fourth-order valence-electron chi connectivity index (χ4n) is 1.64. The number of nitrogens with zero attached hydrogens (tertiary/aromatic N) is 6. The monoisotopic (exact) mass is 292 g/mol. The third-order valence-electron chi connectivity index (χ3n) is 2.51. The number of hydrogen-bond donors (Lipinski definition) is 0. The summed E-state index contributed by atoms with van der Waals surface area (Å²) in [5.74, 6) is 0.818. The van der Waals surface area contributed by atoms with Crippen molar-refractivity contribution in [2.45, 2.75) is 17.5 Å². The topological polar surface area (TPSA) is 61.4 Å². The van der Waals surface area contributed by atoms with Crippen molar-refractivity contribution in [2.24, 2.45) is 7.05 Å². The van der Waals surface area contributed by atoms with Gasteiger partial charge in [0.2, 0.25) is 5.16 Å². The Kier molecular flexibility index (Phi) is 3.60. The lowest BCUT2D eigenvalue weighted by Crippen LogP contribution is -2.02. The molecule has 0 saturated carbocycles. The number of aryl methyl sites for hydroxylation is 1. The van der Waals surface area contributed by atoms with E-state index in [2.05, 4.69) is 32.1 Å². The Hall–Kier alpha value is -1.67. The Morgan fingerprint density at radius 3 is 3.11 bits per heavy atom. The van der Waals surface area contributed by atoms with Gasteiger partial charge in [-0.2, -0.15) is 5.10 Å². The molecule has 0 radical (unpaired) electrons. The molecular formula is C11H12N6S2. The zero-order chi connectivity index (χ0) is 13.1. The van der Waals surface area contributed by atoms with Gasteiger partial charge in [0.15, 0.2) is 0 Å². The van der Waals surface area contributed by atoms with Crippen LogP contribution in [0.2, 0.25) is 0 Å². The van der Waals surface area contributed by atoms with Crippen molar-refractivity contribution in [2.75, 3.05) is 0 Å². The van der Waals surface area contributed by atoms with Gasteiger partial charge in [0.05, 0.1) is 12.7 Å². The van der Waals surface area contributed by atoms with Crippen LogP contribution in [-0.4, -0.2) is 30.0 Å². The molecule has 3 aromatic rings. The van der Waals surface area contributed by atoms with E-state index in [0.29, 0.717) is 0 Å². The molecule has 3 heterocycles. The first-order valence-electron chi connectivity index (χ1n) is 5.70. The van der Waals surface area contributed by atoms with Crippen LogP contribution in [-0.2, 0) is 19.3 Å². The molecule has 0 spiro atoms. The maximum Gasteiger partial charge on any atom is 0.209 e. The molecule has 19 heavy (non-hydrogen) atoms. The zero-order valence-electron chi connectivity index (χ0n) is 10.3. The Morgan fingerprint density at radius 2 is 2.37 bits per heavy atom. The van der Waals surface area contributed by atoms with Crippen LogP contribution >= 0.6 is 23.1 Å². The van der Waals surface area contributed by atoms with Gasteiger partial charge >= 0.3 is 0 Å². The van der Waals surface area contributed by atoms with Crippen molar-refractivity contribution >= 4 is 23.1 Å². The van der Waals surface area contributed by atoms with Crippen LogP contribution in [0.4, 0.5) is 0 Å². The van der Waals surface area contributed by atoms with E-state index in [4.69, 9.17) is 0 Å². The summed E-state index contributed by atoms with van der Waals surface area (Å²) >= 11 is 3.33. The number of thiophene rings is 1. The molecule has 0 atom stereocenters. The number of thioether (sulfide) groups is 1. The predicted molar refractivity (Wildman–Crippen MR) is 74.0 cm³/mol. The van der Waals surface area contributed by atoms with Crippen molar-refractivity contribution in [3.05, 3.63) is 40.3 Å². The summed E-state index contributed by atoms with van der Waals surface area (Å²) in [6, 6.07) is 4.12. The van der Waals surface area contributed by atoms with Gasteiger partial charge in [-0.1, -0.05) is 17.8 Å². The maximum absolute atomic E-state index is 4.15. The van der Waals surface area contributed by atoms with Gasteiger partial charge in [0.1, 0.15) is 0 Å². The summed E-state index contributed by atoms with van der Waals surface area (Å²) in [5, 5.41) is 18.9. The summed E-state index contributed by atoms with van der Waals surface area (Å²) in [5.41, 5.74) is 1.16. The van der Waals surface area contributed by atoms with E-state index in [1.807, 2.05) is 30.2 Å². The molecule has 0 bridgehead atoms. The average Bonchev–Trinajstić information content (AvgIpc) is 3.10. The molecule has 0 aliphatic carbocycles. The third-order valence-corrected chi connectivity index (χ3v) is 4.40. The van der Waals surface area contributed by atoms with E-state index in [9.17, 15) is 0 Å². The van der Waals surface area contributed by atoms with Crippen LogP contribution < -0.4 is 0 Å². The molecule has 6 nitrogen and oxygen atoms in total. The van der Waals surface area contributed by atoms with Gasteiger partial charge in [0.25, 0.3) is 0 Å². The van der Waals surface area contributed by atoms with Gasteiger partial charge in [-0.3, -0.25) is 4.68 Å². The first-order chi connectivity index (χ1) is 9.31. The SMILES string of the molecule is Cn1cc(CSc2nnnn2Cc2cccs2)cn1. The minimum Gasteiger partial charge on any atom is -0.276 e. The van der Waals surface area contributed by atoms with Crippen molar-refractivity contribution < 1.29 is 0 Å². The lowest BCUT2D eigenvalue weighted by molar-refractivity contribution is 0.608. The average molecular weight is 292 g/mol. The summed E-state index contributed by atoms with van der Waals surface area (Å²) in [6.07, 6.45) is 3.86. The first-order valence-corrected chi connectivity index (χ1v) is 7.56. The third kappa shape index (κ3) is 3.02. The maximum atomic E-state index is 4.15. The minimum absolute atomic E-state index is 0.722. The molecule has 0 fully saturated rings. The van der Waals surface area contributed by atoms with Crippen molar-refractivity contribution in [3.63, 3.8) is 0 Å². The summed E-state index contributed by atoms with van der Waals surface area (Å²) in [4.78, 5) is 1.25. The van der Waals surface area contributed by atoms with E-state index >= 15 is 0 Å². The van der Waals surface area contributed by atoms with Gasteiger partial charge in [0, 0.05) is 29.4 Å². The lowest BCUT2D eigenvalue weighted by atomic mass is 10.4. The van der Waals surface area contributed by atoms with Gasteiger partial charge < -0.3 is 0 Å². The molecule has 8 heteroatoms. The summed E-state index contributed by atoms with van der Waals surface area (Å²) < 4.78 is 3.62. The molecule has 0 aliphatic heterocycles. The van der Waals surface area contributed by atoms with Crippen molar-refractivity contribution in [1.29, 1.82) is 0 Å². The first kappa shape index (κ1) is 12.4. The smallest absolute Gasteiger partial charge is 0.209 e. The Morgan fingerprint density at radius 1 is 1.42 bits per heavy atom. The molecule has 3 aromatic heterocycles. The second-order valence-corrected chi connectivity index (χ2v) is 5.98. The molecule has 98 valence electrons. The normalized spacial score (nSPS) is 11.0. The zero-order valence-corrected chi connectivity index (χ0v) is 11.9. The van der Waals surface area contributed by atoms with Crippen LogP contribution in [0, 0.1) is 0 Å². The van der Waals surface area contributed by atoms with Crippen LogP contribution in [0.1, 0.15) is 10.4 Å². The second-order valence-electron chi connectivity index (χ2n) is 4.01. The van der Waals surface area contributed by atoms with Gasteiger partial charge in [-0.25, -0.2) is 4.68 Å². The number of hydrogen-bond acceptors (Lipinski definition) is 6. The molecule has 0 aliphatic rings. The standard InChI is InChI=1S/C11H12N6S2/c1-16-6-9(5-12-16)8-19-11-13-14-15-17(11)7-10-3-2-4-18-10/h2-6H,7-8H2,1H3. The van der Waals surface area contributed by atoms with E-state index in [1.54, 1.807) is 27.8 Å². The Bertz CT molecular complexity index is 642. The summed E-state index contributed by atoms with van der Waals surface area (Å²) in [6.45, 7) is 0.722. The molecule has 3 rings (SSSR count). The number of rotatable bonds is 5. The molecule has 0 amide bonds. The fraction of sp³-hybridized carbons (Fsp3) is 0.273. The van der Waals surface area contributed by atoms with E-state index in [1.165, 1.54) is 4.88 Å². The summed E-state index contributed by atoms with van der Waals surface area (Å²) in [7, 11) is 1.91. The molecule has 0 saturated heterocycles. The van der Waals surface area contributed by atoms with Crippen LogP contribution in [0.3, 0.4) is 0 Å².